The van der Waals surface area contributed by atoms with E-state index in [1.165, 1.54) is 0 Å². The normalized spacial score (nSPS) is 28.2. The highest BCUT2D eigenvalue weighted by Gasteiger charge is 2.53. The first kappa shape index (κ1) is 9.81. The minimum atomic E-state index is -0.541. The largest absolute Gasteiger partial charge is 0.622 e. The standard InChI is InChI=1S/C8H15ClN2O/c1-7(2)6(9)11(12)8(3,4)10(7)5/h1-5H3. The maximum Gasteiger partial charge on any atom is 0.278 e. The molecule has 1 rings (SSSR count). The van der Waals surface area contributed by atoms with Crippen molar-refractivity contribution in [1.82, 2.24) is 4.90 Å². The summed E-state index contributed by atoms with van der Waals surface area (Å²) in [5, 5.41) is 11.9. The summed E-state index contributed by atoms with van der Waals surface area (Å²) in [5.74, 6) is 0. The van der Waals surface area contributed by atoms with Crippen molar-refractivity contribution in [2.75, 3.05) is 7.05 Å². The Morgan fingerprint density at radius 3 is 1.83 bits per heavy atom. The van der Waals surface area contributed by atoms with Crippen LogP contribution in [0.4, 0.5) is 0 Å². The summed E-state index contributed by atoms with van der Waals surface area (Å²) in [6.07, 6.45) is 0. The Morgan fingerprint density at radius 2 is 1.75 bits per heavy atom. The number of hydrogen-bond acceptors (Lipinski definition) is 2. The van der Waals surface area contributed by atoms with E-state index in [0.717, 1.165) is 4.74 Å². The Hall–Kier alpha value is -0.280. The van der Waals surface area contributed by atoms with Crippen molar-refractivity contribution in [3.63, 3.8) is 0 Å². The molecule has 0 saturated carbocycles. The molecule has 0 aromatic heterocycles. The highest BCUT2D eigenvalue weighted by molar-refractivity contribution is 6.66. The van der Waals surface area contributed by atoms with Gasteiger partial charge < -0.3 is 5.21 Å². The van der Waals surface area contributed by atoms with Crippen LogP contribution in [0.3, 0.4) is 0 Å². The molecule has 0 saturated heterocycles. The molecule has 0 radical (unpaired) electrons. The summed E-state index contributed by atoms with van der Waals surface area (Å²) in [6.45, 7) is 7.60. The molecule has 0 amide bonds. The van der Waals surface area contributed by atoms with E-state index in [2.05, 4.69) is 0 Å². The van der Waals surface area contributed by atoms with Crippen LogP contribution in [-0.4, -0.2) is 33.1 Å². The van der Waals surface area contributed by atoms with E-state index in [9.17, 15) is 5.21 Å². The Labute approximate surface area is 78.2 Å². The van der Waals surface area contributed by atoms with Crippen molar-refractivity contribution in [3.05, 3.63) is 5.21 Å². The molecular weight excluding hydrogens is 176 g/mol. The molecule has 0 atom stereocenters. The number of nitrogens with zero attached hydrogens (tertiary/aromatic N) is 2. The molecule has 0 aromatic rings. The number of hydrogen-bond donors (Lipinski definition) is 0. The third kappa shape index (κ3) is 0.962. The van der Waals surface area contributed by atoms with Gasteiger partial charge in [0.25, 0.3) is 5.17 Å². The Morgan fingerprint density at radius 1 is 1.33 bits per heavy atom. The van der Waals surface area contributed by atoms with Crippen LogP contribution in [-0.2, 0) is 0 Å². The molecule has 70 valence electrons. The van der Waals surface area contributed by atoms with Gasteiger partial charge in [-0.2, -0.15) is 4.74 Å². The van der Waals surface area contributed by atoms with Crippen LogP contribution in [0.1, 0.15) is 27.7 Å². The smallest absolute Gasteiger partial charge is 0.278 e. The van der Waals surface area contributed by atoms with E-state index in [-0.39, 0.29) is 5.54 Å². The summed E-state index contributed by atoms with van der Waals surface area (Å²) in [5.41, 5.74) is -0.895. The fourth-order valence-electron chi connectivity index (χ4n) is 1.45. The van der Waals surface area contributed by atoms with Crippen molar-refractivity contribution in [2.24, 2.45) is 0 Å². The predicted molar refractivity (Wildman–Crippen MR) is 50.4 cm³/mol. The van der Waals surface area contributed by atoms with Crippen LogP contribution < -0.4 is 0 Å². The van der Waals surface area contributed by atoms with Gasteiger partial charge in [0.05, 0.1) is 0 Å². The molecule has 0 spiro atoms. The van der Waals surface area contributed by atoms with Crippen LogP contribution in [0.2, 0.25) is 0 Å². The number of hydroxylamine groups is 1. The summed E-state index contributed by atoms with van der Waals surface area (Å²) in [4.78, 5) is 1.97. The molecule has 4 heteroatoms. The van der Waals surface area contributed by atoms with Gasteiger partial charge in [0, 0.05) is 13.8 Å². The summed E-state index contributed by atoms with van der Waals surface area (Å²) >= 11 is 5.92. The second-order valence-corrected chi connectivity index (χ2v) is 4.56. The lowest BCUT2D eigenvalue weighted by atomic mass is 10.1. The molecule has 0 aromatic carbocycles. The van der Waals surface area contributed by atoms with E-state index in [0.29, 0.717) is 5.17 Å². The average Bonchev–Trinajstić information content (AvgIpc) is 2.06. The molecule has 0 unspecified atom stereocenters. The lowest BCUT2D eigenvalue weighted by Crippen LogP contribution is -2.50. The first-order valence-corrected chi connectivity index (χ1v) is 4.34. The van der Waals surface area contributed by atoms with Crippen molar-refractivity contribution >= 4 is 16.8 Å². The van der Waals surface area contributed by atoms with Crippen molar-refractivity contribution in [2.45, 2.75) is 38.9 Å². The maximum absolute atomic E-state index is 11.6. The molecule has 12 heavy (non-hydrogen) atoms. The van der Waals surface area contributed by atoms with Gasteiger partial charge in [0.1, 0.15) is 5.54 Å². The molecule has 1 aliphatic heterocycles. The lowest BCUT2D eigenvalue weighted by Gasteiger charge is -2.31. The zero-order valence-corrected chi connectivity index (χ0v) is 8.94. The highest BCUT2D eigenvalue weighted by Crippen LogP contribution is 2.33. The minimum absolute atomic E-state index is 0.354. The molecule has 0 bridgehead atoms. The number of rotatable bonds is 0. The van der Waals surface area contributed by atoms with Gasteiger partial charge in [-0.1, -0.05) is 0 Å². The third-order valence-corrected chi connectivity index (χ3v) is 3.46. The van der Waals surface area contributed by atoms with Gasteiger partial charge in [-0.15, -0.1) is 0 Å². The van der Waals surface area contributed by atoms with E-state index < -0.39 is 5.66 Å². The van der Waals surface area contributed by atoms with Gasteiger partial charge in [0.2, 0.25) is 5.66 Å². The molecule has 0 N–H and O–H groups in total. The fourth-order valence-corrected chi connectivity index (χ4v) is 1.78. The second kappa shape index (κ2) is 2.36. The molecule has 1 heterocycles. The zero-order chi connectivity index (χ0) is 9.73. The summed E-state index contributed by atoms with van der Waals surface area (Å²) in [7, 11) is 1.90. The minimum Gasteiger partial charge on any atom is -0.622 e. The van der Waals surface area contributed by atoms with Crippen LogP contribution >= 0.6 is 11.6 Å². The van der Waals surface area contributed by atoms with E-state index in [1.54, 1.807) is 0 Å². The SMILES string of the molecule is CN1C(C)(C)C(Cl)=[N+]([O-])C1(C)C. The van der Waals surface area contributed by atoms with Gasteiger partial charge in [-0.05, 0) is 32.5 Å². The number of halogens is 1. The van der Waals surface area contributed by atoms with Gasteiger partial charge in [-0.25, -0.2) is 4.90 Å². The third-order valence-electron chi connectivity index (χ3n) is 2.84. The van der Waals surface area contributed by atoms with Crippen LogP contribution in [0.25, 0.3) is 0 Å². The lowest BCUT2D eigenvalue weighted by molar-refractivity contribution is -0.555. The van der Waals surface area contributed by atoms with E-state index in [1.807, 2.05) is 39.6 Å². The Balaban J connectivity index is 3.22. The molecule has 1 aliphatic rings. The summed E-state index contributed by atoms with van der Waals surface area (Å²) in [6, 6.07) is 0. The highest BCUT2D eigenvalue weighted by atomic mass is 35.5. The fraction of sp³-hybridized carbons (Fsp3) is 0.875. The van der Waals surface area contributed by atoms with Crippen molar-refractivity contribution in [3.8, 4) is 0 Å². The van der Waals surface area contributed by atoms with Gasteiger partial charge in [-0.3, -0.25) is 0 Å². The monoisotopic (exact) mass is 190 g/mol. The zero-order valence-electron chi connectivity index (χ0n) is 8.18. The molecular formula is C8H15ClN2O. The van der Waals surface area contributed by atoms with Crippen molar-refractivity contribution in [1.29, 1.82) is 0 Å². The van der Waals surface area contributed by atoms with E-state index >= 15 is 0 Å². The van der Waals surface area contributed by atoms with Gasteiger partial charge >= 0.3 is 0 Å². The van der Waals surface area contributed by atoms with Crippen molar-refractivity contribution < 1.29 is 4.74 Å². The molecule has 3 nitrogen and oxygen atoms in total. The summed E-state index contributed by atoms with van der Waals surface area (Å²) < 4.78 is 0.870. The predicted octanol–water partition coefficient (Wildman–Crippen LogP) is 1.59. The van der Waals surface area contributed by atoms with Crippen LogP contribution in [0.5, 0.6) is 0 Å². The topological polar surface area (TPSA) is 29.3 Å². The van der Waals surface area contributed by atoms with E-state index in [4.69, 9.17) is 11.6 Å². The van der Waals surface area contributed by atoms with Crippen LogP contribution in [0.15, 0.2) is 0 Å². The first-order chi connectivity index (χ1) is 5.22. The average molecular weight is 191 g/mol. The molecule has 0 aliphatic carbocycles. The quantitative estimate of drug-likeness (QED) is 0.429. The maximum atomic E-state index is 11.6. The van der Waals surface area contributed by atoms with Gasteiger partial charge in [0.15, 0.2) is 0 Å². The molecule has 0 fully saturated rings. The van der Waals surface area contributed by atoms with Crippen LogP contribution in [0, 0.1) is 5.21 Å². The first-order valence-electron chi connectivity index (χ1n) is 3.96. The Kier molecular flexibility index (Phi) is 1.93. The Bertz CT molecular complexity index is 221. The second-order valence-electron chi connectivity index (χ2n) is 4.20.